The zero-order chi connectivity index (χ0) is 21.6. The van der Waals surface area contributed by atoms with Crippen LogP contribution < -0.4 is 0 Å². The molecule has 2 aromatic rings. The lowest BCUT2D eigenvalue weighted by molar-refractivity contribution is -0.142. The third-order valence-electron chi connectivity index (χ3n) is 6.69. The lowest BCUT2D eigenvalue weighted by Crippen LogP contribution is -2.51. The summed E-state index contributed by atoms with van der Waals surface area (Å²) in [5.41, 5.74) is 0.320. The van der Waals surface area contributed by atoms with E-state index in [-0.39, 0.29) is 29.3 Å². The summed E-state index contributed by atoms with van der Waals surface area (Å²) < 4.78 is 20.5. The number of likely N-dealkylation sites (tertiary alicyclic amines) is 1. The number of hydrogen-bond donors (Lipinski definition) is 0. The van der Waals surface area contributed by atoms with Crippen LogP contribution in [0.15, 0.2) is 48.5 Å². The van der Waals surface area contributed by atoms with Crippen LogP contribution in [0.4, 0.5) is 4.39 Å². The van der Waals surface area contributed by atoms with E-state index in [2.05, 4.69) is 0 Å². The number of benzene rings is 2. The molecule has 2 atom stereocenters. The number of ether oxygens (including phenoxy) is 1. The molecule has 1 spiro atoms. The molecular formula is C24H22FN3O3. The Morgan fingerprint density at radius 3 is 2.58 bits per heavy atom. The van der Waals surface area contributed by atoms with E-state index in [4.69, 9.17) is 10.00 Å². The van der Waals surface area contributed by atoms with Gasteiger partial charge < -0.3 is 14.5 Å². The van der Waals surface area contributed by atoms with E-state index in [1.165, 1.54) is 12.1 Å². The van der Waals surface area contributed by atoms with Crippen molar-refractivity contribution in [3.05, 3.63) is 71.0 Å². The maximum absolute atomic E-state index is 14.2. The van der Waals surface area contributed by atoms with Crippen molar-refractivity contribution in [2.45, 2.75) is 43.6 Å². The molecule has 31 heavy (non-hydrogen) atoms. The third kappa shape index (κ3) is 3.19. The minimum Gasteiger partial charge on any atom is -0.342 e. The van der Waals surface area contributed by atoms with Crippen LogP contribution in [0.2, 0.25) is 0 Å². The topological polar surface area (TPSA) is 73.6 Å². The van der Waals surface area contributed by atoms with Crippen LogP contribution in [0.3, 0.4) is 0 Å². The first-order chi connectivity index (χ1) is 15.0. The van der Waals surface area contributed by atoms with E-state index in [1.54, 1.807) is 4.90 Å². The second-order valence-corrected chi connectivity index (χ2v) is 8.38. The Bertz CT molecular complexity index is 1070. The molecule has 0 N–H and O–H groups in total. The molecule has 0 aliphatic carbocycles. The monoisotopic (exact) mass is 419 g/mol. The van der Waals surface area contributed by atoms with Gasteiger partial charge in [0, 0.05) is 25.9 Å². The molecule has 3 heterocycles. The molecule has 3 aliphatic heterocycles. The van der Waals surface area contributed by atoms with Crippen LogP contribution in [0.1, 0.15) is 53.2 Å². The van der Waals surface area contributed by atoms with Crippen LogP contribution in [0, 0.1) is 17.1 Å². The normalized spacial score (nSPS) is 24.3. The number of amides is 2. The number of rotatable bonds is 2. The van der Waals surface area contributed by atoms with Crippen molar-refractivity contribution in [1.29, 1.82) is 5.26 Å². The number of carbonyl (C=O) groups excluding carboxylic acids is 2. The van der Waals surface area contributed by atoms with Gasteiger partial charge in [0.25, 0.3) is 11.8 Å². The smallest absolute Gasteiger partial charge is 0.257 e. The molecule has 6 nitrogen and oxygen atoms in total. The Hall–Kier alpha value is -3.24. The second-order valence-electron chi connectivity index (χ2n) is 8.38. The van der Waals surface area contributed by atoms with Crippen molar-refractivity contribution in [2.75, 3.05) is 13.1 Å². The quantitative estimate of drug-likeness (QED) is 0.748. The average molecular weight is 419 g/mol. The predicted octanol–water partition coefficient (Wildman–Crippen LogP) is 3.39. The molecule has 0 radical (unpaired) electrons. The summed E-state index contributed by atoms with van der Waals surface area (Å²) in [7, 11) is 0. The van der Waals surface area contributed by atoms with Gasteiger partial charge in [0.1, 0.15) is 12.0 Å². The summed E-state index contributed by atoms with van der Waals surface area (Å²) in [5.74, 6) is -1.12. The summed E-state index contributed by atoms with van der Waals surface area (Å²) in [6.45, 7) is 0.606. The maximum atomic E-state index is 14.2. The molecule has 5 rings (SSSR count). The van der Waals surface area contributed by atoms with Gasteiger partial charge in [-0.15, -0.1) is 0 Å². The van der Waals surface area contributed by atoms with Gasteiger partial charge in [-0.05, 0) is 36.6 Å². The minimum absolute atomic E-state index is 0.00592. The van der Waals surface area contributed by atoms with E-state index in [9.17, 15) is 14.0 Å². The summed E-state index contributed by atoms with van der Waals surface area (Å²) in [6, 6.07) is 15.7. The summed E-state index contributed by atoms with van der Waals surface area (Å²) >= 11 is 0. The van der Waals surface area contributed by atoms with Gasteiger partial charge in [-0.25, -0.2) is 4.39 Å². The molecule has 7 heteroatoms. The van der Waals surface area contributed by atoms with E-state index in [0.717, 1.165) is 24.5 Å². The number of halogens is 1. The lowest BCUT2D eigenvalue weighted by Gasteiger charge is -2.37. The van der Waals surface area contributed by atoms with Crippen LogP contribution in [0.25, 0.3) is 0 Å². The molecule has 2 aromatic carbocycles. The molecule has 0 bridgehead atoms. The molecule has 2 amide bonds. The Morgan fingerprint density at radius 1 is 1.13 bits per heavy atom. The third-order valence-corrected chi connectivity index (χ3v) is 6.69. The standard InChI is InChI=1S/C24H22FN3O3/c25-19-7-6-16(15-26)14-18(19)22(29)27-12-10-24(11-13-27)23(30)28-20(8-9-21(28)31-24)17-4-2-1-3-5-17/h1-7,14,20-21H,8-13H2/t20-,21+/m0/s1. The number of piperidine rings is 1. The van der Waals surface area contributed by atoms with E-state index in [1.807, 2.05) is 41.3 Å². The van der Waals surface area contributed by atoms with Crippen molar-refractivity contribution in [3.8, 4) is 6.07 Å². The van der Waals surface area contributed by atoms with Crippen LogP contribution in [0.5, 0.6) is 0 Å². The first-order valence-electron chi connectivity index (χ1n) is 10.6. The maximum Gasteiger partial charge on any atom is 0.257 e. The van der Waals surface area contributed by atoms with Gasteiger partial charge in [-0.3, -0.25) is 9.59 Å². The zero-order valence-corrected chi connectivity index (χ0v) is 17.0. The number of carbonyl (C=O) groups is 2. The molecule has 0 saturated carbocycles. The largest absolute Gasteiger partial charge is 0.342 e. The van der Waals surface area contributed by atoms with Gasteiger partial charge in [-0.1, -0.05) is 30.3 Å². The van der Waals surface area contributed by atoms with E-state index < -0.39 is 17.3 Å². The van der Waals surface area contributed by atoms with Gasteiger partial charge in [0.05, 0.1) is 23.2 Å². The van der Waals surface area contributed by atoms with Gasteiger partial charge >= 0.3 is 0 Å². The van der Waals surface area contributed by atoms with Crippen molar-refractivity contribution >= 4 is 11.8 Å². The van der Waals surface area contributed by atoms with E-state index >= 15 is 0 Å². The first kappa shape index (κ1) is 19.7. The zero-order valence-electron chi connectivity index (χ0n) is 17.0. The Morgan fingerprint density at radius 2 is 1.87 bits per heavy atom. The molecular weight excluding hydrogens is 397 g/mol. The minimum atomic E-state index is -0.915. The van der Waals surface area contributed by atoms with Crippen molar-refractivity contribution < 1.29 is 18.7 Å². The molecule has 158 valence electrons. The fraction of sp³-hybridized carbons (Fsp3) is 0.375. The lowest BCUT2D eigenvalue weighted by atomic mass is 9.89. The second kappa shape index (κ2) is 7.47. The highest BCUT2D eigenvalue weighted by molar-refractivity contribution is 5.95. The molecule has 3 saturated heterocycles. The SMILES string of the molecule is N#Cc1ccc(F)c(C(=O)N2CCC3(CC2)O[C@@H]2CC[C@@H](c4ccccc4)N2C3=O)c1. The molecule has 0 aromatic heterocycles. The van der Waals surface area contributed by atoms with Crippen molar-refractivity contribution in [2.24, 2.45) is 0 Å². The highest BCUT2D eigenvalue weighted by atomic mass is 19.1. The van der Waals surface area contributed by atoms with Crippen molar-refractivity contribution in [3.63, 3.8) is 0 Å². The number of nitrogens with zero attached hydrogens (tertiary/aromatic N) is 3. The fourth-order valence-electron chi connectivity index (χ4n) is 5.05. The predicted molar refractivity (Wildman–Crippen MR) is 109 cm³/mol. The van der Waals surface area contributed by atoms with Gasteiger partial charge in [0.2, 0.25) is 0 Å². The summed E-state index contributed by atoms with van der Waals surface area (Å²) in [6.07, 6.45) is 2.19. The Labute approximate surface area is 179 Å². The summed E-state index contributed by atoms with van der Waals surface area (Å²) in [4.78, 5) is 29.7. The number of nitriles is 1. The van der Waals surface area contributed by atoms with Gasteiger partial charge in [0.15, 0.2) is 5.60 Å². The first-order valence-corrected chi connectivity index (χ1v) is 10.6. The molecule has 3 fully saturated rings. The van der Waals surface area contributed by atoms with Crippen molar-refractivity contribution in [1.82, 2.24) is 9.80 Å². The molecule has 3 aliphatic rings. The number of hydrogen-bond acceptors (Lipinski definition) is 4. The van der Waals surface area contributed by atoms with Crippen LogP contribution >= 0.6 is 0 Å². The average Bonchev–Trinajstić information content (AvgIpc) is 3.33. The van der Waals surface area contributed by atoms with Gasteiger partial charge in [-0.2, -0.15) is 5.26 Å². The summed E-state index contributed by atoms with van der Waals surface area (Å²) in [5, 5.41) is 9.04. The Kier molecular flexibility index (Phi) is 4.75. The highest BCUT2D eigenvalue weighted by Gasteiger charge is 2.58. The van der Waals surface area contributed by atoms with Crippen LogP contribution in [-0.4, -0.2) is 46.5 Å². The molecule has 0 unspecified atom stereocenters. The highest BCUT2D eigenvalue weighted by Crippen LogP contribution is 2.47. The van der Waals surface area contributed by atoms with Crippen LogP contribution in [-0.2, 0) is 9.53 Å². The number of fused-ring (bicyclic) bond motifs is 1. The van der Waals surface area contributed by atoms with E-state index in [0.29, 0.717) is 25.9 Å². The Balaban J connectivity index is 1.31. The fourth-order valence-corrected chi connectivity index (χ4v) is 5.05.